The van der Waals surface area contributed by atoms with E-state index in [0.29, 0.717) is 18.5 Å². The zero-order valence-electron chi connectivity index (χ0n) is 8.13. The number of carbonyl (C=O) groups excluding carboxylic acids is 1. The van der Waals surface area contributed by atoms with Crippen molar-refractivity contribution in [2.75, 3.05) is 20.1 Å². The van der Waals surface area contributed by atoms with Crippen LogP contribution in [0.15, 0.2) is 0 Å². The Hall–Kier alpha value is -0.570. The summed E-state index contributed by atoms with van der Waals surface area (Å²) in [6, 6.07) is 0.493. The zero-order valence-corrected chi connectivity index (χ0v) is 8.13. The lowest BCUT2D eigenvalue weighted by Crippen LogP contribution is -2.52. The van der Waals surface area contributed by atoms with E-state index in [-0.39, 0.29) is 5.91 Å². The number of amides is 1. The first kappa shape index (κ1) is 9.52. The summed E-state index contributed by atoms with van der Waals surface area (Å²) < 4.78 is 0. The molecule has 3 nitrogen and oxygen atoms in total. The van der Waals surface area contributed by atoms with Gasteiger partial charge < -0.3 is 10.2 Å². The van der Waals surface area contributed by atoms with Crippen molar-refractivity contribution in [2.45, 2.75) is 26.3 Å². The monoisotopic (exact) mass is 170 g/mol. The van der Waals surface area contributed by atoms with E-state index in [0.717, 1.165) is 13.0 Å². The number of rotatable bonds is 2. The molecule has 3 heteroatoms. The lowest BCUT2D eigenvalue weighted by Gasteiger charge is -2.31. The highest BCUT2D eigenvalue weighted by atomic mass is 16.2. The number of likely N-dealkylation sites (N-methyl/N-ethyl adjacent to an activating group) is 1. The van der Waals surface area contributed by atoms with Gasteiger partial charge in [0, 0.05) is 19.6 Å². The third kappa shape index (κ3) is 2.48. The van der Waals surface area contributed by atoms with Gasteiger partial charge in [-0.05, 0) is 12.3 Å². The van der Waals surface area contributed by atoms with Gasteiger partial charge in [0.05, 0.1) is 6.54 Å². The Bertz CT molecular complexity index is 168. The number of carbonyl (C=O) groups is 1. The van der Waals surface area contributed by atoms with E-state index in [1.165, 1.54) is 0 Å². The molecule has 1 heterocycles. The van der Waals surface area contributed by atoms with Gasteiger partial charge in [-0.15, -0.1) is 0 Å². The summed E-state index contributed by atoms with van der Waals surface area (Å²) in [5.74, 6) is 0.902. The van der Waals surface area contributed by atoms with Crippen molar-refractivity contribution in [1.82, 2.24) is 10.2 Å². The molecule has 1 amide bonds. The van der Waals surface area contributed by atoms with E-state index in [4.69, 9.17) is 0 Å². The normalized spacial score (nSPS) is 25.2. The lowest BCUT2D eigenvalue weighted by atomic mass is 10.0. The van der Waals surface area contributed by atoms with E-state index in [2.05, 4.69) is 19.2 Å². The molecule has 1 aliphatic heterocycles. The highest BCUT2D eigenvalue weighted by Gasteiger charge is 2.22. The first-order chi connectivity index (χ1) is 5.59. The molecule has 0 aromatic carbocycles. The van der Waals surface area contributed by atoms with E-state index in [1.807, 2.05) is 11.9 Å². The van der Waals surface area contributed by atoms with E-state index in [1.54, 1.807) is 0 Å². The fourth-order valence-corrected chi connectivity index (χ4v) is 1.59. The minimum atomic E-state index is 0.204. The molecule has 70 valence electrons. The maximum atomic E-state index is 11.1. The van der Waals surface area contributed by atoms with Crippen LogP contribution in [-0.2, 0) is 4.79 Å². The third-order valence-corrected chi connectivity index (χ3v) is 2.22. The highest BCUT2D eigenvalue weighted by molar-refractivity contribution is 5.78. The molecule has 1 aliphatic rings. The van der Waals surface area contributed by atoms with Crippen molar-refractivity contribution in [2.24, 2.45) is 5.92 Å². The molecule has 1 unspecified atom stereocenters. The molecule has 0 saturated carbocycles. The standard InChI is InChI=1S/C9H18N2O/c1-7(2)4-8-6-11(3)9(12)5-10-8/h7-8,10H,4-6H2,1-3H3. The van der Waals surface area contributed by atoms with Crippen LogP contribution in [0.4, 0.5) is 0 Å². The number of nitrogens with zero attached hydrogens (tertiary/aromatic N) is 1. The van der Waals surface area contributed by atoms with Crippen LogP contribution >= 0.6 is 0 Å². The first-order valence-corrected chi connectivity index (χ1v) is 4.57. The predicted octanol–water partition coefficient (Wildman–Crippen LogP) is 0.463. The lowest BCUT2D eigenvalue weighted by molar-refractivity contribution is -0.131. The summed E-state index contributed by atoms with van der Waals surface area (Å²) in [6.45, 7) is 5.78. The van der Waals surface area contributed by atoms with Crippen LogP contribution in [0.5, 0.6) is 0 Å². The molecule has 0 aromatic rings. The van der Waals surface area contributed by atoms with Gasteiger partial charge in [-0.3, -0.25) is 4.79 Å². The molecule has 1 N–H and O–H groups in total. The second-order valence-electron chi connectivity index (χ2n) is 3.98. The Kier molecular flexibility index (Phi) is 3.09. The van der Waals surface area contributed by atoms with Crippen LogP contribution in [0, 0.1) is 5.92 Å². The molecular formula is C9H18N2O. The molecule has 1 saturated heterocycles. The van der Waals surface area contributed by atoms with Crippen LogP contribution in [0.1, 0.15) is 20.3 Å². The van der Waals surface area contributed by atoms with Crippen molar-refractivity contribution in [1.29, 1.82) is 0 Å². The van der Waals surface area contributed by atoms with Crippen molar-refractivity contribution < 1.29 is 4.79 Å². The van der Waals surface area contributed by atoms with Crippen molar-refractivity contribution in [3.05, 3.63) is 0 Å². The second-order valence-corrected chi connectivity index (χ2v) is 3.98. The molecule has 0 aliphatic carbocycles. The van der Waals surface area contributed by atoms with Crippen molar-refractivity contribution in [3.8, 4) is 0 Å². The number of piperazine rings is 1. The molecule has 1 fully saturated rings. The number of hydrogen-bond donors (Lipinski definition) is 1. The fraction of sp³-hybridized carbons (Fsp3) is 0.889. The van der Waals surface area contributed by atoms with E-state index in [9.17, 15) is 4.79 Å². The SMILES string of the molecule is CC(C)CC1CN(C)C(=O)CN1. The number of hydrogen-bond acceptors (Lipinski definition) is 2. The minimum Gasteiger partial charge on any atom is -0.343 e. The minimum absolute atomic E-state index is 0.204. The average Bonchev–Trinajstić information content (AvgIpc) is 1.96. The van der Waals surface area contributed by atoms with Crippen LogP contribution < -0.4 is 5.32 Å². The Morgan fingerprint density at radius 1 is 1.67 bits per heavy atom. The Morgan fingerprint density at radius 3 is 2.83 bits per heavy atom. The largest absolute Gasteiger partial charge is 0.343 e. The molecule has 1 rings (SSSR count). The van der Waals surface area contributed by atoms with Gasteiger partial charge >= 0.3 is 0 Å². The molecule has 0 aromatic heterocycles. The second kappa shape index (κ2) is 3.90. The van der Waals surface area contributed by atoms with Crippen molar-refractivity contribution >= 4 is 5.91 Å². The summed E-state index contributed by atoms with van der Waals surface area (Å²) in [6.07, 6.45) is 1.15. The zero-order chi connectivity index (χ0) is 9.14. The van der Waals surface area contributed by atoms with E-state index >= 15 is 0 Å². The summed E-state index contributed by atoms with van der Waals surface area (Å²) in [5.41, 5.74) is 0. The van der Waals surface area contributed by atoms with Crippen LogP contribution in [0.3, 0.4) is 0 Å². The summed E-state index contributed by atoms with van der Waals surface area (Å²) in [5, 5.41) is 3.24. The van der Waals surface area contributed by atoms with Gasteiger partial charge in [0.25, 0.3) is 0 Å². The highest BCUT2D eigenvalue weighted by Crippen LogP contribution is 2.08. The van der Waals surface area contributed by atoms with Gasteiger partial charge in [0.1, 0.15) is 0 Å². The van der Waals surface area contributed by atoms with Crippen LogP contribution in [0.2, 0.25) is 0 Å². The predicted molar refractivity (Wildman–Crippen MR) is 48.9 cm³/mol. The smallest absolute Gasteiger partial charge is 0.236 e. The maximum Gasteiger partial charge on any atom is 0.236 e. The molecule has 12 heavy (non-hydrogen) atoms. The maximum absolute atomic E-state index is 11.1. The fourth-order valence-electron chi connectivity index (χ4n) is 1.59. The molecule has 1 atom stereocenters. The molecular weight excluding hydrogens is 152 g/mol. The topological polar surface area (TPSA) is 32.3 Å². The molecule has 0 bridgehead atoms. The van der Waals surface area contributed by atoms with Crippen molar-refractivity contribution in [3.63, 3.8) is 0 Å². The third-order valence-electron chi connectivity index (χ3n) is 2.22. The van der Waals surface area contributed by atoms with Crippen LogP contribution in [-0.4, -0.2) is 37.0 Å². The van der Waals surface area contributed by atoms with Gasteiger partial charge in [-0.25, -0.2) is 0 Å². The Morgan fingerprint density at radius 2 is 2.33 bits per heavy atom. The molecule has 0 radical (unpaired) electrons. The number of nitrogens with one attached hydrogen (secondary N) is 1. The van der Waals surface area contributed by atoms with Gasteiger partial charge in [-0.1, -0.05) is 13.8 Å². The van der Waals surface area contributed by atoms with E-state index < -0.39 is 0 Å². The van der Waals surface area contributed by atoms with Gasteiger partial charge in [-0.2, -0.15) is 0 Å². The summed E-state index contributed by atoms with van der Waals surface area (Å²) in [7, 11) is 1.87. The summed E-state index contributed by atoms with van der Waals surface area (Å²) >= 11 is 0. The van der Waals surface area contributed by atoms with Crippen LogP contribution in [0.25, 0.3) is 0 Å². The molecule has 0 spiro atoms. The van der Waals surface area contributed by atoms with Gasteiger partial charge in [0.15, 0.2) is 0 Å². The quantitative estimate of drug-likeness (QED) is 0.653. The Labute approximate surface area is 74.1 Å². The Balaban J connectivity index is 2.35. The van der Waals surface area contributed by atoms with Gasteiger partial charge in [0.2, 0.25) is 5.91 Å². The summed E-state index contributed by atoms with van der Waals surface area (Å²) in [4.78, 5) is 12.9. The average molecular weight is 170 g/mol. The first-order valence-electron chi connectivity index (χ1n) is 4.57.